The monoisotopic (exact) mass is 383 g/mol. The van der Waals surface area contributed by atoms with Gasteiger partial charge in [-0.1, -0.05) is 29.5 Å². The summed E-state index contributed by atoms with van der Waals surface area (Å²) in [6, 6.07) is 13.1. The van der Waals surface area contributed by atoms with Gasteiger partial charge in [-0.2, -0.15) is 0 Å². The van der Waals surface area contributed by atoms with Crippen molar-refractivity contribution in [2.75, 3.05) is 12.1 Å². The number of amides is 1. The molecule has 2 heterocycles. The van der Waals surface area contributed by atoms with Gasteiger partial charge in [0.25, 0.3) is 5.22 Å². The summed E-state index contributed by atoms with van der Waals surface area (Å²) in [4.78, 5) is 12.4. The number of thioether (sulfide) groups is 1. The Hall–Kier alpha value is -3.00. The molecule has 1 aliphatic rings. The number of benzene rings is 2. The third kappa shape index (κ3) is 3.90. The average molecular weight is 383 g/mol. The quantitative estimate of drug-likeness (QED) is 0.669. The van der Waals surface area contributed by atoms with Crippen LogP contribution in [0.2, 0.25) is 0 Å². The van der Waals surface area contributed by atoms with Crippen LogP contribution in [-0.2, 0) is 4.79 Å². The number of hydrogen-bond acceptors (Lipinski definition) is 7. The molecule has 0 saturated heterocycles. The second-order valence-corrected chi connectivity index (χ2v) is 7.35. The molecule has 1 atom stereocenters. The van der Waals surface area contributed by atoms with Crippen molar-refractivity contribution in [3.8, 4) is 23.0 Å². The minimum Gasteiger partial charge on any atom is -0.454 e. The van der Waals surface area contributed by atoms with Gasteiger partial charge in [0.05, 0.1) is 5.25 Å². The van der Waals surface area contributed by atoms with Crippen LogP contribution in [0.4, 0.5) is 5.69 Å². The molecule has 1 N–H and O–H groups in total. The smallest absolute Gasteiger partial charge is 0.277 e. The maximum Gasteiger partial charge on any atom is 0.277 e. The first kappa shape index (κ1) is 17.4. The van der Waals surface area contributed by atoms with E-state index < -0.39 is 5.25 Å². The van der Waals surface area contributed by atoms with Crippen molar-refractivity contribution in [1.82, 2.24) is 10.2 Å². The van der Waals surface area contributed by atoms with Crippen LogP contribution < -0.4 is 14.8 Å². The number of carbonyl (C=O) groups is 1. The first-order valence-corrected chi connectivity index (χ1v) is 9.24. The number of rotatable bonds is 5. The molecule has 0 saturated carbocycles. The molecule has 0 spiro atoms. The van der Waals surface area contributed by atoms with Crippen molar-refractivity contribution >= 4 is 23.4 Å². The molecule has 138 valence electrons. The third-order valence-electron chi connectivity index (χ3n) is 3.99. The van der Waals surface area contributed by atoms with Gasteiger partial charge in [0.15, 0.2) is 11.5 Å². The molecule has 0 unspecified atom stereocenters. The second kappa shape index (κ2) is 7.32. The lowest BCUT2D eigenvalue weighted by Gasteiger charge is -2.10. The van der Waals surface area contributed by atoms with Gasteiger partial charge < -0.3 is 19.2 Å². The Morgan fingerprint density at radius 3 is 2.70 bits per heavy atom. The number of fused-ring (bicyclic) bond motifs is 1. The van der Waals surface area contributed by atoms with Crippen LogP contribution in [0.5, 0.6) is 11.5 Å². The standard InChI is InChI=1S/C19H17N3O4S/c1-11-3-5-13(6-4-11)18-21-22-19(26-18)27-12(2)17(23)20-14-7-8-15-16(9-14)25-10-24-15/h3-9,12H,10H2,1-2H3,(H,20,23)/t12-/m1/s1. The van der Waals surface area contributed by atoms with E-state index in [0.717, 1.165) is 11.1 Å². The fourth-order valence-corrected chi connectivity index (χ4v) is 3.18. The molecule has 1 amide bonds. The maximum atomic E-state index is 12.4. The molecule has 0 fully saturated rings. The molecule has 2 aromatic carbocycles. The summed E-state index contributed by atoms with van der Waals surface area (Å²) in [7, 11) is 0. The first-order chi connectivity index (χ1) is 13.1. The lowest BCUT2D eigenvalue weighted by Crippen LogP contribution is -2.22. The number of nitrogens with one attached hydrogen (secondary N) is 1. The van der Waals surface area contributed by atoms with E-state index >= 15 is 0 Å². The van der Waals surface area contributed by atoms with E-state index in [1.54, 1.807) is 25.1 Å². The van der Waals surface area contributed by atoms with Gasteiger partial charge in [-0.05, 0) is 38.1 Å². The fraction of sp³-hybridized carbons (Fsp3) is 0.211. The first-order valence-electron chi connectivity index (χ1n) is 8.36. The highest BCUT2D eigenvalue weighted by Gasteiger charge is 2.20. The van der Waals surface area contributed by atoms with Crippen molar-refractivity contribution in [2.45, 2.75) is 24.3 Å². The average Bonchev–Trinajstić information content (AvgIpc) is 3.31. The summed E-state index contributed by atoms with van der Waals surface area (Å²) in [5.41, 5.74) is 2.64. The Morgan fingerprint density at radius 2 is 1.89 bits per heavy atom. The SMILES string of the molecule is Cc1ccc(-c2nnc(S[C@H](C)C(=O)Nc3ccc4c(c3)OCO4)o2)cc1. The van der Waals surface area contributed by atoms with Crippen molar-refractivity contribution in [3.05, 3.63) is 48.0 Å². The van der Waals surface area contributed by atoms with Gasteiger partial charge in [-0.15, -0.1) is 10.2 Å². The van der Waals surface area contributed by atoms with E-state index in [9.17, 15) is 4.79 Å². The topological polar surface area (TPSA) is 86.5 Å². The summed E-state index contributed by atoms with van der Waals surface area (Å²) in [6.07, 6.45) is 0. The van der Waals surface area contributed by atoms with Crippen LogP contribution in [0.3, 0.4) is 0 Å². The zero-order chi connectivity index (χ0) is 18.8. The molecule has 0 radical (unpaired) electrons. The summed E-state index contributed by atoms with van der Waals surface area (Å²) >= 11 is 1.21. The van der Waals surface area contributed by atoms with Crippen molar-refractivity contribution < 1.29 is 18.7 Å². The normalized spacial score (nSPS) is 13.4. The number of hydrogen-bond donors (Lipinski definition) is 1. The largest absolute Gasteiger partial charge is 0.454 e. The molecular weight excluding hydrogens is 366 g/mol. The minimum atomic E-state index is -0.415. The van der Waals surface area contributed by atoms with Gasteiger partial charge in [-0.3, -0.25) is 4.79 Å². The van der Waals surface area contributed by atoms with Crippen LogP contribution in [0.1, 0.15) is 12.5 Å². The minimum absolute atomic E-state index is 0.172. The van der Waals surface area contributed by atoms with Crippen LogP contribution in [-0.4, -0.2) is 28.1 Å². The molecular formula is C19H17N3O4S. The summed E-state index contributed by atoms with van der Waals surface area (Å²) in [6.45, 7) is 3.99. The number of ether oxygens (including phenoxy) is 2. The van der Waals surface area contributed by atoms with Crippen molar-refractivity contribution in [2.24, 2.45) is 0 Å². The van der Waals surface area contributed by atoms with Crippen LogP contribution in [0.25, 0.3) is 11.5 Å². The highest BCUT2D eigenvalue weighted by atomic mass is 32.2. The van der Waals surface area contributed by atoms with Gasteiger partial charge in [0.2, 0.25) is 18.6 Å². The van der Waals surface area contributed by atoms with Crippen molar-refractivity contribution in [3.63, 3.8) is 0 Å². The number of anilines is 1. The van der Waals surface area contributed by atoms with Gasteiger partial charge in [-0.25, -0.2) is 0 Å². The van der Waals surface area contributed by atoms with Gasteiger partial charge >= 0.3 is 0 Å². The summed E-state index contributed by atoms with van der Waals surface area (Å²) in [5.74, 6) is 1.55. The lowest BCUT2D eigenvalue weighted by molar-refractivity contribution is -0.115. The fourth-order valence-electron chi connectivity index (χ4n) is 2.49. The Kier molecular flexibility index (Phi) is 4.72. The van der Waals surface area contributed by atoms with E-state index in [1.165, 1.54) is 11.8 Å². The predicted molar refractivity (Wildman–Crippen MR) is 101 cm³/mol. The molecule has 4 rings (SSSR count). The molecule has 0 bridgehead atoms. The number of aromatic nitrogens is 2. The van der Waals surface area contributed by atoms with E-state index in [4.69, 9.17) is 13.9 Å². The van der Waals surface area contributed by atoms with Crippen molar-refractivity contribution in [1.29, 1.82) is 0 Å². The Morgan fingerprint density at radius 1 is 1.11 bits per heavy atom. The highest BCUT2D eigenvalue weighted by Crippen LogP contribution is 2.34. The molecule has 7 nitrogen and oxygen atoms in total. The van der Waals surface area contributed by atoms with Crippen LogP contribution >= 0.6 is 11.8 Å². The zero-order valence-corrected chi connectivity index (χ0v) is 15.6. The van der Waals surface area contributed by atoms with Gasteiger partial charge in [0, 0.05) is 17.3 Å². The molecule has 27 heavy (non-hydrogen) atoms. The summed E-state index contributed by atoms with van der Waals surface area (Å²) < 4.78 is 16.2. The Balaban J connectivity index is 1.39. The van der Waals surface area contributed by atoms with Crippen LogP contribution in [0, 0.1) is 6.92 Å². The number of carbonyl (C=O) groups excluding carboxylic acids is 1. The lowest BCUT2D eigenvalue weighted by atomic mass is 10.1. The molecule has 1 aromatic heterocycles. The maximum absolute atomic E-state index is 12.4. The molecule has 0 aliphatic carbocycles. The van der Waals surface area contributed by atoms with Crippen LogP contribution in [0.15, 0.2) is 52.1 Å². The van der Waals surface area contributed by atoms with E-state index in [1.807, 2.05) is 31.2 Å². The third-order valence-corrected chi connectivity index (χ3v) is 4.93. The summed E-state index contributed by atoms with van der Waals surface area (Å²) in [5, 5.41) is 10.9. The molecule has 3 aromatic rings. The molecule has 1 aliphatic heterocycles. The van der Waals surface area contributed by atoms with E-state index in [2.05, 4.69) is 15.5 Å². The highest BCUT2D eigenvalue weighted by molar-refractivity contribution is 8.00. The number of nitrogens with zero attached hydrogens (tertiary/aromatic N) is 2. The molecule has 8 heteroatoms. The Labute approximate surface area is 160 Å². The zero-order valence-electron chi connectivity index (χ0n) is 14.8. The Bertz CT molecular complexity index is 971. The number of aryl methyl sites for hydroxylation is 1. The van der Waals surface area contributed by atoms with Gasteiger partial charge in [0.1, 0.15) is 0 Å². The second-order valence-electron chi connectivity index (χ2n) is 6.06. The van der Waals surface area contributed by atoms with E-state index in [-0.39, 0.29) is 12.7 Å². The van der Waals surface area contributed by atoms with E-state index in [0.29, 0.717) is 28.3 Å². The predicted octanol–water partition coefficient (Wildman–Crippen LogP) is 3.89.